The molecule has 116 valence electrons. The van der Waals surface area contributed by atoms with Crippen molar-refractivity contribution in [2.45, 2.75) is 19.4 Å². The molecular formula is C14H19F2N3O2. The van der Waals surface area contributed by atoms with Gasteiger partial charge in [0.1, 0.15) is 5.69 Å². The molecule has 2 unspecified atom stereocenters. The van der Waals surface area contributed by atoms with E-state index < -0.39 is 23.2 Å². The predicted octanol–water partition coefficient (Wildman–Crippen LogP) is 1.75. The maximum absolute atomic E-state index is 13.7. The number of methoxy groups -OCH3 is 1. The van der Waals surface area contributed by atoms with E-state index in [9.17, 15) is 13.6 Å². The first kappa shape index (κ1) is 15.7. The van der Waals surface area contributed by atoms with E-state index >= 15 is 0 Å². The highest BCUT2D eigenvalue weighted by Crippen LogP contribution is 2.24. The largest absolute Gasteiger partial charge is 0.379 e. The van der Waals surface area contributed by atoms with E-state index in [1.165, 1.54) is 0 Å². The van der Waals surface area contributed by atoms with Gasteiger partial charge >= 0.3 is 0 Å². The second-order valence-electron chi connectivity index (χ2n) is 5.25. The number of nitrogens with one attached hydrogen (secondary N) is 1. The van der Waals surface area contributed by atoms with Gasteiger partial charge in [-0.25, -0.2) is 8.78 Å². The summed E-state index contributed by atoms with van der Waals surface area (Å²) in [5.74, 6) is 3.17. The lowest BCUT2D eigenvalue weighted by Crippen LogP contribution is -2.46. The molecule has 1 aromatic rings. The van der Waals surface area contributed by atoms with E-state index in [1.54, 1.807) is 12.0 Å². The third-order valence-electron chi connectivity index (χ3n) is 3.91. The molecule has 0 bridgehead atoms. The second-order valence-corrected chi connectivity index (χ2v) is 5.25. The van der Waals surface area contributed by atoms with Crippen LogP contribution in [0.25, 0.3) is 0 Å². The molecular weight excluding hydrogens is 280 g/mol. The summed E-state index contributed by atoms with van der Waals surface area (Å²) in [5, 5.41) is 0. The lowest BCUT2D eigenvalue weighted by molar-refractivity contribution is -0.00159. The van der Waals surface area contributed by atoms with Gasteiger partial charge in [0.15, 0.2) is 11.6 Å². The van der Waals surface area contributed by atoms with Crippen molar-refractivity contribution in [2.24, 2.45) is 11.8 Å². The lowest BCUT2D eigenvalue weighted by Gasteiger charge is -2.36. The Bertz CT molecular complexity index is 516. The summed E-state index contributed by atoms with van der Waals surface area (Å²) < 4.78 is 32.7. The number of ether oxygens (including phenoxy) is 1. The quantitative estimate of drug-likeness (QED) is 0.659. The molecule has 7 heteroatoms. The number of hydrogen-bond acceptors (Lipinski definition) is 4. The van der Waals surface area contributed by atoms with Gasteiger partial charge in [0.25, 0.3) is 5.91 Å². The number of piperidine rings is 1. The molecule has 5 nitrogen and oxygen atoms in total. The smallest absolute Gasteiger partial charge is 0.254 e. The van der Waals surface area contributed by atoms with Crippen molar-refractivity contribution in [2.75, 3.05) is 25.6 Å². The fourth-order valence-electron chi connectivity index (χ4n) is 2.54. The standard InChI is InChI=1S/C14H19F2N3O2/c1-8-3-4-19(7-12(8)21-2)14(20)9-5-10(15)13(18-17)11(16)6-9/h5-6,8,12,18H,3-4,7,17H2,1-2H3. The Labute approximate surface area is 122 Å². The SMILES string of the molecule is COC1CN(C(=O)c2cc(F)c(NN)c(F)c2)CCC1C. The van der Waals surface area contributed by atoms with Crippen LogP contribution in [0.15, 0.2) is 12.1 Å². The van der Waals surface area contributed by atoms with E-state index in [1.807, 2.05) is 5.43 Å². The highest BCUT2D eigenvalue weighted by molar-refractivity contribution is 5.94. The summed E-state index contributed by atoms with van der Waals surface area (Å²) in [6.07, 6.45) is 0.722. The summed E-state index contributed by atoms with van der Waals surface area (Å²) in [7, 11) is 1.59. The first-order valence-electron chi connectivity index (χ1n) is 6.75. The normalized spacial score (nSPS) is 22.2. The van der Waals surface area contributed by atoms with Crippen LogP contribution >= 0.6 is 0 Å². The van der Waals surface area contributed by atoms with E-state index in [0.717, 1.165) is 18.6 Å². The molecule has 1 aromatic carbocycles. The number of carbonyl (C=O) groups is 1. The highest BCUT2D eigenvalue weighted by Gasteiger charge is 2.30. The fraction of sp³-hybridized carbons (Fsp3) is 0.500. The molecule has 3 N–H and O–H groups in total. The van der Waals surface area contributed by atoms with Crippen molar-refractivity contribution >= 4 is 11.6 Å². The van der Waals surface area contributed by atoms with Gasteiger partial charge in [-0.2, -0.15) is 0 Å². The van der Waals surface area contributed by atoms with Crippen LogP contribution in [0.5, 0.6) is 0 Å². The molecule has 1 heterocycles. The zero-order valence-corrected chi connectivity index (χ0v) is 12.0. The predicted molar refractivity (Wildman–Crippen MR) is 74.6 cm³/mol. The Morgan fingerprint density at radius 1 is 1.43 bits per heavy atom. The van der Waals surface area contributed by atoms with Gasteiger partial charge < -0.3 is 15.1 Å². The number of hydrazine groups is 1. The van der Waals surface area contributed by atoms with Crippen LogP contribution in [0, 0.1) is 17.6 Å². The van der Waals surface area contributed by atoms with Crippen LogP contribution in [0.4, 0.5) is 14.5 Å². The van der Waals surface area contributed by atoms with Crippen molar-refractivity contribution in [3.8, 4) is 0 Å². The average Bonchev–Trinajstić information content (AvgIpc) is 2.46. The van der Waals surface area contributed by atoms with Crippen LogP contribution in [0.1, 0.15) is 23.7 Å². The van der Waals surface area contributed by atoms with Gasteiger partial charge in [0.2, 0.25) is 0 Å². The molecule has 0 aromatic heterocycles. The maximum Gasteiger partial charge on any atom is 0.254 e. The minimum atomic E-state index is -0.894. The number of benzene rings is 1. The molecule has 0 spiro atoms. The number of carbonyl (C=O) groups excluding carboxylic acids is 1. The molecule has 0 aliphatic carbocycles. The van der Waals surface area contributed by atoms with E-state index in [2.05, 4.69) is 6.92 Å². The minimum Gasteiger partial charge on any atom is -0.379 e. The number of nitrogens with two attached hydrogens (primary N) is 1. The number of hydrogen-bond donors (Lipinski definition) is 2. The summed E-state index contributed by atoms with van der Waals surface area (Å²) >= 11 is 0. The van der Waals surface area contributed by atoms with Crippen molar-refractivity contribution in [3.63, 3.8) is 0 Å². The number of halogens is 2. The van der Waals surface area contributed by atoms with Gasteiger partial charge in [-0.1, -0.05) is 6.92 Å². The second kappa shape index (κ2) is 6.36. The van der Waals surface area contributed by atoms with Crippen molar-refractivity contribution < 1.29 is 18.3 Å². The molecule has 0 radical (unpaired) electrons. The summed E-state index contributed by atoms with van der Waals surface area (Å²) in [5.41, 5.74) is 1.45. The summed E-state index contributed by atoms with van der Waals surface area (Å²) in [6, 6.07) is 1.97. The third kappa shape index (κ3) is 3.14. The molecule has 2 rings (SSSR count). The summed E-state index contributed by atoms with van der Waals surface area (Å²) in [6.45, 7) is 3.01. The molecule has 21 heavy (non-hydrogen) atoms. The number of likely N-dealkylation sites (tertiary alicyclic amines) is 1. The molecule has 1 aliphatic heterocycles. The Kier molecular flexibility index (Phi) is 4.74. The Morgan fingerprint density at radius 2 is 2.05 bits per heavy atom. The Balaban J connectivity index is 2.20. The number of anilines is 1. The highest BCUT2D eigenvalue weighted by atomic mass is 19.1. The topological polar surface area (TPSA) is 67.6 Å². The number of rotatable bonds is 3. The van der Waals surface area contributed by atoms with Crippen molar-refractivity contribution in [1.82, 2.24) is 4.90 Å². The number of nitrogens with zero attached hydrogens (tertiary/aromatic N) is 1. The molecule has 1 saturated heterocycles. The van der Waals surface area contributed by atoms with Crippen LogP contribution in [-0.4, -0.2) is 37.1 Å². The average molecular weight is 299 g/mol. The first-order valence-corrected chi connectivity index (χ1v) is 6.75. The van der Waals surface area contributed by atoms with Gasteiger partial charge in [0.05, 0.1) is 6.10 Å². The van der Waals surface area contributed by atoms with E-state index in [4.69, 9.17) is 10.6 Å². The van der Waals surface area contributed by atoms with Gasteiger partial charge in [-0.3, -0.25) is 10.6 Å². The van der Waals surface area contributed by atoms with Crippen LogP contribution in [0.3, 0.4) is 0 Å². The molecule has 1 aliphatic rings. The molecule has 1 fully saturated rings. The molecule has 0 saturated carbocycles. The number of amides is 1. The minimum absolute atomic E-state index is 0.0339. The van der Waals surface area contributed by atoms with Crippen LogP contribution < -0.4 is 11.3 Å². The molecule has 2 atom stereocenters. The van der Waals surface area contributed by atoms with Gasteiger partial charge in [-0.15, -0.1) is 0 Å². The zero-order valence-electron chi connectivity index (χ0n) is 12.0. The van der Waals surface area contributed by atoms with Crippen molar-refractivity contribution in [3.05, 3.63) is 29.3 Å². The number of nitrogen functional groups attached to an aromatic ring is 1. The van der Waals surface area contributed by atoms with Gasteiger partial charge in [-0.05, 0) is 24.5 Å². The Morgan fingerprint density at radius 3 is 2.57 bits per heavy atom. The molecule has 1 amide bonds. The zero-order chi connectivity index (χ0) is 15.6. The Hall–Kier alpha value is -1.73. The van der Waals surface area contributed by atoms with E-state index in [-0.39, 0.29) is 11.7 Å². The van der Waals surface area contributed by atoms with Gasteiger partial charge in [0, 0.05) is 25.8 Å². The fourth-order valence-corrected chi connectivity index (χ4v) is 2.54. The summed E-state index contributed by atoms with van der Waals surface area (Å²) in [4.78, 5) is 13.9. The van der Waals surface area contributed by atoms with Crippen LogP contribution in [-0.2, 0) is 4.74 Å². The first-order chi connectivity index (χ1) is 9.97. The van der Waals surface area contributed by atoms with E-state index in [0.29, 0.717) is 19.0 Å². The van der Waals surface area contributed by atoms with Crippen molar-refractivity contribution in [1.29, 1.82) is 0 Å². The maximum atomic E-state index is 13.7. The monoisotopic (exact) mass is 299 g/mol. The van der Waals surface area contributed by atoms with Crippen LogP contribution in [0.2, 0.25) is 0 Å². The lowest BCUT2D eigenvalue weighted by atomic mass is 9.95. The third-order valence-corrected chi connectivity index (χ3v) is 3.91.